The van der Waals surface area contributed by atoms with E-state index in [0.717, 1.165) is 0 Å². The number of rotatable bonds is 5. The Hall–Kier alpha value is -3.52. The van der Waals surface area contributed by atoms with Crippen molar-refractivity contribution in [2.75, 3.05) is 36.5 Å². The molecule has 0 saturated carbocycles. The smallest absolute Gasteiger partial charge is 0.303 e. The number of hydrogen-bond acceptors (Lipinski definition) is 6. The summed E-state index contributed by atoms with van der Waals surface area (Å²) in [6.45, 7) is 3.63. The fourth-order valence-electron chi connectivity index (χ4n) is 3.70. The number of Topliss-reactive ketones (excluding diaryl/α,β-unsaturated/α-hetero) is 1. The second kappa shape index (κ2) is 8.08. The molecule has 0 bridgehead atoms. The number of nitrogens with one attached hydrogen (secondary N) is 1. The van der Waals surface area contributed by atoms with Crippen molar-refractivity contribution in [1.29, 1.82) is 0 Å². The van der Waals surface area contributed by atoms with E-state index in [0.29, 0.717) is 48.5 Å². The largest absolute Gasteiger partial charge is 0.378 e. The van der Waals surface area contributed by atoms with Crippen molar-refractivity contribution in [2.45, 2.75) is 6.92 Å². The van der Waals surface area contributed by atoms with Crippen LogP contribution in [-0.2, 0) is 4.74 Å². The van der Waals surface area contributed by atoms with Crippen LogP contribution in [-0.4, -0.2) is 37.0 Å². The number of nitro groups is 1. The predicted octanol–water partition coefficient (Wildman–Crippen LogP) is 4.67. The van der Waals surface area contributed by atoms with Crippen LogP contribution in [0.4, 0.5) is 27.1 Å². The van der Waals surface area contributed by atoms with Gasteiger partial charge in [-0.2, -0.15) is 0 Å². The quantitative estimate of drug-likeness (QED) is 0.375. The maximum absolute atomic E-state index is 14.2. The Morgan fingerprint density at radius 3 is 2.47 bits per heavy atom. The Bertz CT molecular complexity index is 1140. The lowest BCUT2D eigenvalue weighted by Crippen LogP contribution is -2.36. The number of fused-ring (bicyclic) bond motifs is 1. The zero-order valence-corrected chi connectivity index (χ0v) is 16.4. The summed E-state index contributed by atoms with van der Waals surface area (Å²) in [7, 11) is 0. The van der Waals surface area contributed by atoms with Gasteiger partial charge in [0.15, 0.2) is 5.78 Å². The third-order valence-electron chi connectivity index (χ3n) is 5.17. The van der Waals surface area contributed by atoms with Gasteiger partial charge in [0.05, 0.1) is 23.7 Å². The molecule has 8 heteroatoms. The molecule has 0 amide bonds. The van der Waals surface area contributed by atoms with Gasteiger partial charge >= 0.3 is 5.69 Å². The number of carbonyl (C=O) groups is 1. The van der Waals surface area contributed by atoms with Crippen LogP contribution in [0.3, 0.4) is 0 Å². The lowest BCUT2D eigenvalue weighted by Gasteiger charge is -2.29. The van der Waals surface area contributed by atoms with E-state index >= 15 is 0 Å². The van der Waals surface area contributed by atoms with Gasteiger partial charge in [0.25, 0.3) is 0 Å². The Kier molecular flexibility index (Phi) is 5.33. The van der Waals surface area contributed by atoms with Gasteiger partial charge in [0.2, 0.25) is 0 Å². The summed E-state index contributed by atoms with van der Waals surface area (Å²) in [5.41, 5.74) is 1.13. The van der Waals surface area contributed by atoms with Crippen LogP contribution >= 0.6 is 0 Å². The molecule has 1 heterocycles. The average Bonchev–Trinajstić information content (AvgIpc) is 2.75. The number of morpholine rings is 1. The maximum atomic E-state index is 14.2. The molecular weight excluding hydrogens is 389 g/mol. The van der Waals surface area contributed by atoms with Gasteiger partial charge in [-0.25, -0.2) is 4.39 Å². The van der Waals surface area contributed by atoms with Crippen LogP contribution in [0.1, 0.15) is 17.3 Å². The van der Waals surface area contributed by atoms with Crippen LogP contribution in [0.5, 0.6) is 0 Å². The van der Waals surface area contributed by atoms with Crippen LogP contribution in [0.15, 0.2) is 48.5 Å². The summed E-state index contributed by atoms with van der Waals surface area (Å²) in [6, 6.07) is 13.0. The summed E-state index contributed by atoms with van der Waals surface area (Å²) < 4.78 is 19.6. The molecule has 3 aromatic rings. The molecular formula is C22H20FN3O4. The number of anilines is 3. The molecule has 154 valence electrons. The number of hydrogen-bond donors (Lipinski definition) is 1. The molecule has 0 radical (unpaired) electrons. The summed E-state index contributed by atoms with van der Waals surface area (Å²) in [5.74, 6) is -0.777. The molecule has 1 aliphatic rings. The van der Waals surface area contributed by atoms with E-state index in [-0.39, 0.29) is 22.8 Å². The molecule has 0 unspecified atom stereocenters. The number of nitro benzene ring substituents is 1. The van der Waals surface area contributed by atoms with Gasteiger partial charge in [-0.1, -0.05) is 24.3 Å². The van der Waals surface area contributed by atoms with E-state index in [1.165, 1.54) is 19.1 Å². The third kappa shape index (κ3) is 3.69. The van der Waals surface area contributed by atoms with Crippen molar-refractivity contribution in [2.24, 2.45) is 0 Å². The highest BCUT2D eigenvalue weighted by Gasteiger charge is 2.26. The van der Waals surface area contributed by atoms with Crippen molar-refractivity contribution in [3.8, 4) is 0 Å². The summed E-state index contributed by atoms with van der Waals surface area (Å²) in [6.07, 6.45) is 0. The van der Waals surface area contributed by atoms with Crippen LogP contribution < -0.4 is 10.2 Å². The number of nitrogens with zero attached hydrogens (tertiary/aromatic N) is 2. The van der Waals surface area contributed by atoms with Gasteiger partial charge in [-0.15, -0.1) is 0 Å². The Morgan fingerprint density at radius 2 is 1.80 bits per heavy atom. The van der Waals surface area contributed by atoms with Gasteiger partial charge in [0, 0.05) is 35.2 Å². The van der Waals surface area contributed by atoms with E-state index in [1.54, 1.807) is 36.4 Å². The Morgan fingerprint density at radius 1 is 1.10 bits per heavy atom. The van der Waals surface area contributed by atoms with Crippen LogP contribution in [0.2, 0.25) is 0 Å². The first-order chi connectivity index (χ1) is 14.5. The zero-order chi connectivity index (χ0) is 21.3. The maximum Gasteiger partial charge on any atom is 0.303 e. The van der Waals surface area contributed by atoms with Crippen LogP contribution in [0, 0.1) is 15.9 Å². The van der Waals surface area contributed by atoms with Gasteiger partial charge < -0.3 is 15.0 Å². The third-order valence-corrected chi connectivity index (χ3v) is 5.17. The second-order valence-electron chi connectivity index (χ2n) is 7.07. The number of ketones is 1. The molecule has 1 fully saturated rings. The Balaban J connectivity index is 1.87. The van der Waals surface area contributed by atoms with Gasteiger partial charge in [-0.3, -0.25) is 14.9 Å². The minimum atomic E-state index is -0.562. The fourth-order valence-corrected chi connectivity index (χ4v) is 3.70. The molecule has 0 aromatic heterocycles. The second-order valence-corrected chi connectivity index (χ2v) is 7.07. The monoisotopic (exact) mass is 409 g/mol. The molecule has 0 atom stereocenters. The van der Waals surface area contributed by atoms with Crippen molar-refractivity contribution in [3.05, 3.63) is 70.0 Å². The Labute approximate surface area is 172 Å². The van der Waals surface area contributed by atoms with Crippen molar-refractivity contribution >= 4 is 39.3 Å². The molecule has 0 aliphatic carbocycles. The number of halogens is 1. The van der Waals surface area contributed by atoms with Gasteiger partial charge in [0.1, 0.15) is 11.5 Å². The number of benzene rings is 3. The first-order valence-electron chi connectivity index (χ1n) is 9.56. The first kappa shape index (κ1) is 19.8. The SMILES string of the molecule is CC(=O)c1cc(N2CCOCC2)cc(Nc2ccc(F)c3ccccc23)c1[N+](=O)[O-]. The topological polar surface area (TPSA) is 84.7 Å². The predicted molar refractivity (Wildman–Crippen MR) is 113 cm³/mol. The van der Waals surface area contributed by atoms with E-state index < -0.39 is 10.7 Å². The molecule has 4 rings (SSSR count). The van der Waals surface area contributed by atoms with Crippen molar-refractivity contribution in [3.63, 3.8) is 0 Å². The van der Waals surface area contributed by atoms with E-state index in [4.69, 9.17) is 4.74 Å². The molecule has 1 saturated heterocycles. The standard InChI is InChI=1S/C22H20FN3O4/c1-14(27)18-12-15(25-8-10-30-11-9-25)13-21(22(18)26(28)29)24-20-7-6-19(23)16-4-2-3-5-17(16)20/h2-7,12-13,24H,8-11H2,1H3. The fraction of sp³-hybridized carbons (Fsp3) is 0.227. The summed E-state index contributed by atoms with van der Waals surface area (Å²) in [5, 5.41) is 15.9. The minimum absolute atomic E-state index is 0.0258. The van der Waals surface area contributed by atoms with Crippen molar-refractivity contribution in [1.82, 2.24) is 0 Å². The van der Waals surface area contributed by atoms with E-state index in [2.05, 4.69) is 5.32 Å². The lowest BCUT2D eigenvalue weighted by molar-refractivity contribution is -0.384. The van der Waals surface area contributed by atoms with E-state index in [1.807, 2.05) is 4.90 Å². The van der Waals surface area contributed by atoms with Gasteiger partial charge in [-0.05, 0) is 31.2 Å². The molecule has 1 N–H and O–H groups in total. The number of ether oxygens (including phenoxy) is 1. The molecule has 1 aliphatic heterocycles. The average molecular weight is 409 g/mol. The summed E-state index contributed by atoms with van der Waals surface area (Å²) in [4.78, 5) is 25.6. The minimum Gasteiger partial charge on any atom is -0.378 e. The highest BCUT2D eigenvalue weighted by atomic mass is 19.1. The highest BCUT2D eigenvalue weighted by molar-refractivity contribution is 6.03. The highest BCUT2D eigenvalue weighted by Crippen LogP contribution is 2.38. The molecule has 3 aromatic carbocycles. The van der Waals surface area contributed by atoms with Crippen LogP contribution in [0.25, 0.3) is 10.8 Å². The molecule has 30 heavy (non-hydrogen) atoms. The molecule has 0 spiro atoms. The molecule has 7 nitrogen and oxygen atoms in total. The number of carbonyl (C=O) groups excluding carboxylic acids is 1. The van der Waals surface area contributed by atoms with Crippen molar-refractivity contribution < 1.29 is 18.8 Å². The lowest BCUT2D eigenvalue weighted by atomic mass is 10.0. The summed E-state index contributed by atoms with van der Waals surface area (Å²) >= 11 is 0. The van der Waals surface area contributed by atoms with E-state index in [9.17, 15) is 19.3 Å². The first-order valence-corrected chi connectivity index (χ1v) is 9.56. The normalized spacial score (nSPS) is 14.0. The zero-order valence-electron chi connectivity index (χ0n) is 16.4.